The Hall–Kier alpha value is -3.09. The number of hydrogen-bond donors (Lipinski definition) is 1. The van der Waals surface area contributed by atoms with Gasteiger partial charge >= 0.3 is 6.09 Å². The number of rotatable bonds is 5. The number of ether oxygens (including phenoxy) is 1. The lowest BCUT2D eigenvalue weighted by molar-refractivity contribution is 0.0240. The lowest BCUT2D eigenvalue weighted by atomic mass is 9.90. The number of piperazine rings is 1. The van der Waals surface area contributed by atoms with Crippen LogP contribution in [0.15, 0.2) is 36.0 Å². The fourth-order valence-corrected chi connectivity index (χ4v) is 4.39. The van der Waals surface area contributed by atoms with Crippen LogP contribution in [0.3, 0.4) is 0 Å². The first-order valence-electron chi connectivity index (χ1n) is 12.5. The second-order valence-electron chi connectivity index (χ2n) is 10.6. The van der Waals surface area contributed by atoms with Gasteiger partial charge in [-0.05, 0) is 59.1 Å². The third kappa shape index (κ3) is 5.95. The molecule has 35 heavy (non-hydrogen) atoms. The number of amides is 1. The second kappa shape index (κ2) is 10.7. The number of nitrogens with one attached hydrogen (secondary N) is 1. The van der Waals surface area contributed by atoms with E-state index in [-0.39, 0.29) is 12.1 Å². The number of nitrogens with zero attached hydrogens (tertiary/aromatic N) is 4. The van der Waals surface area contributed by atoms with E-state index in [9.17, 15) is 4.79 Å². The van der Waals surface area contributed by atoms with Crippen molar-refractivity contribution < 1.29 is 9.53 Å². The van der Waals surface area contributed by atoms with Gasteiger partial charge in [-0.3, -0.25) is 0 Å². The fourth-order valence-electron chi connectivity index (χ4n) is 4.39. The Morgan fingerprint density at radius 3 is 2.43 bits per heavy atom. The molecule has 1 aromatic rings. The van der Waals surface area contributed by atoms with Crippen molar-refractivity contribution in [1.29, 1.82) is 0 Å². The van der Waals surface area contributed by atoms with Gasteiger partial charge in [-0.25, -0.2) is 4.79 Å². The first-order chi connectivity index (χ1) is 16.5. The summed E-state index contributed by atoms with van der Waals surface area (Å²) < 4.78 is 5.55. The van der Waals surface area contributed by atoms with E-state index in [1.807, 2.05) is 39.8 Å². The molecule has 0 saturated carbocycles. The SMILES string of the molecule is C=C/C(=C(\C=C/C)c1nnc(N2CCN(C(=O)OC(C)(C)C)CC2)c2c1C=C(C)C(C)N2)C(C)C. The van der Waals surface area contributed by atoms with Crippen molar-refractivity contribution in [3.8, 4) is 0 Å². The molecule has 0 bridgehead atoms. The number of aromatic nitrogens is 2. The zero-order valence-corrected chi connectivity index (χ0v) is 22.6. The van der Waals surface area contributed by atoms with Crippen molar-refractivity contribution in [2.24, 2.45) is 5.92 Å². The molecule has 0 aliphatic carbocycles. The second-order valence-corrected chi connectivity index (χ2v) is 10.6. The predicted molar refractivity (Wildman–Crippen MR) is 146 cm³/mol. The molecule has 1 fully saturated rings. The molecule has 3 heterocycles. The number of carbonyl (C=O) groups excluding carboxylic acids is 1. The summed E-state index contributed by atoms with van der Waals surface area (Å²) in [5.74, 6) is 1.13. The zero-order chi connectivity index (χ0) is 25.9. The van der Waals surface area contributed by atoms with Crippen LogP contribution in [0.1, 0.15) is 66.6 Å². The first-order valence-corrected chi connectivity index (χ1v) is 12.5. The highest BCUT2D eigenvalue weighted by Gasteiger charge is 2.30. The Bertz CT molecular complexity index is 1050. The van der Waals surface area contributed by atoms with Crippen molar-refractivity contribution in [2.75, 3.05) is 36.4 Å². The van der Waals surface area contributed by atoms with E-state index in [0.717, 1.165) is 33.9 Å². The highest BCUT2D eigenvalue weighted by molar-refractivity contribution is 5.91. The molecule has 1 N–H and O–H groups in total. The zero-order valence-electron chi connectivity index (χ0n) is 22.6. The quantitative estimate of drug-likeness (QED) is 0.529. The Morgan fingerprint density at radius 1 is 1.23 bits per heavy atom. The number of anilines is 2. The summed E-state index contributed by atoms with van der Waals surface area (Å²) in [6.07, 6.45) is 8.02. The van der Waals surface area contributed by atoms with Gasteiger partial charge in [0, 0.05) is 43.4 Å². The van der Waals surface area contributed by atoms with E-state index in [4.69, 9.17) is 14.9 Å². The van der Waals surface area contributed by atoms with Gasteiger partial charge in [0.1, 0.15) is 11.3 Å². The largest absolute Gasteiger partial charge is 0.444 e. The number of allylic oxidation sites excluding steroid dienone is 5. The molecule has 1 amide bonds. The molecule has 0 radical (unpaired) electrons. The lowest BCUT2D eigenvalue weighted by Crippen LogP contribution is -2.50. The summed E-state index contributed by atoms with van der Waals surface area (Å²) in [4.78, 5) is 16.5. The van der Waals surface area contributed by atoms with Crippen molar-refractivity contribution in [1.82, 2.24) is 15.1 Å². The van der Waals surface area contributed by atoms with Crippen LogP contribution in [0.5, 0.6) is 0 Å². The average Bonchev–Trinajstić information content (AvgIpc) is 2.78. The van der Waals surface area contributed by atoms with Crippen LogP contribution < -0.4 is 10.2 Å². The molecular formula is C28H41N5O2. The molecule has 1 unspecified atom stereocenters. The minimum absolute atomic E-state index is 0.194. The third-order valence-electron chi connectivity index (χ3n) is 6.38. The number of carbonyl (C=O) groups is 1. The maximum atomic E-state index is 12.5. The molecule has 1 aromatic heterocycles. The summed E-state index contributed by atoms with van der Waals surface area (Å²) in [5, 5.41) is 13.2. The van der Waals surface area contributed by atoms with Crippen LogP contribution >= 0.6 is 0 Å². The van der Waals surface area contributed by atoms with Gasteiger partial charge in [-0.1, -0.05) is 44.2 Å². The predicted octanol–water partition coefficient (Wildman–Crippen LogP) is 5.92. The van der Waals surface area contributed by atoms with Gasteiger partial charge in [0.2, 0.25) is 0 Å². The van der Waals surface area contributed by atoms with Gasteiger partial charge in [-0.2, -0.15) is 0 Å². The average molecular weight is 480 g/mol. The summed E-state index contributed by atoms with van der Waals surface area (Å²) in [7, 11) is 0. The van der Waals surface area contributed by atoms with E-state index in [1.165, 1.54) is 5.57 Å². The topological polar surface area (TPSA) is 70.6 Å². The van der Waals surface area contributed by atoms with E-state index in [1.54, 1.807) is 4.90 Å². The summed E-state index contributed by atoms with van der Waals surface area (Å²) in [5.41, 5.74) is 5.83. The molecule has 0 aromatic carbocycles. The summed E-state index contributed by atoms with van der Waals surface area (Å²) in [6.45, 7) is 22.9. The first kappa shape index (κ1) is 26.5. The van der Waals surface area contributed by atoms with Crippen molar-refractivity contribution in [2.45, 2.75) is 67.0 Å². The maximum Gasteiger partial charge on any atom is 0.410 e. The molecule has 3 rings (SSSR count). The molecular weight excluding hydrogens is 438 g/mol. The van der Waals surface area contributed by atoms with Gasteiger partial charge < -0.3 is 19.9 Å². The molecule has 7 nitrogen and oxygen atoms in total. The standard InChI is InChI=1S/C28H41N5O2/c1-10-12-22(21(11-2)18(3)4)24-23-17-19(5)20(6)29-25(23)26(31-30-24)32-13-15-33(16-14-32)27(34)35-28(7,8)9/h10-12,17-18,20,29H,2,13-16H2,1,3-9H3/b12-10-,22-21-. The van der Waals surface area contributed by atoms with Gasteiger partial charge in [0.25, 0.3) is 0 Å². The Balaban J connectivity index is 2.00. The Labute approximate surface area is 210 Å². The van der Waals surface area contributed by atoms with E-state index >= 15 is 0 Å². The highest BCUT2D eigenvalue weighted by Crippen LogP contribution is 2.39. The van der Waals surface area contributed by atoms with Gasteiger partial charge in [0.15, 0.2) is 5.82 Å². The van der Waals surface area contributed by atoms with E-state index < -0.39 is 5.60 Å². The Kier molecular flexibility index (Phi) is 8.08. The van der Waals surface area contributed by atoms with Crippen LogP contribution in [0, 0.1) is 5.92 Å². The Morgan fingerprint density at radius 2 is 1.89 bits per heavy atom. The molecule has 0 spiro atoms. The minimum atomic E-state index is -0.503. The smallest absolute Gasteiger partial charge is 0.410 e. The van der Waals surface area contributed by atoms with Gasteiger partial charge in [0.05, 0.1) is 5.69 Å². The van der Waals surface area contributed by atoms with E-state index in [2.05, 4.69) is 56.6 Å². The number of fused-ring (bicyclic) bond motifs is 1. The van der Waals surface area contributed by atoms with Crippen LogP contribution in [0.2, 0.25) is 0 Å². The lowest BCUT2D eigenvalue weighted by Gasteiger charge is -2.37. The molecule has 7 heteroatoms. The molecule has 2 aliphatic heterocycles. The molecule has 1 atom stereocenters. The normalized spacial score (nSPS) is 19.2. The maximum absolute atomic E-state index is 12.5. The van der Waals surface area contributed by atoms with Gasteiger partial charge in [-0.15, -0.1) is 10.2 Å². The number of hydrogen-bond acceptors (Lipinski definition) is 6. The van der Waals surface area contributed by atoms with Crippen molar-refractivity contribution in [3.63, 3.8) is 0 Å². The molecule has 1 saturated heterocycles. The van der Waals surface area contributed by atoms with E-state index in [0.29, 0.717) is 32.1 Å². The van der Waals surface area contributed by atoms with Crippen LogP contribution in [0.25, 0.3) is 11.6 Å². The summed E-state index contributed by atoms with van der Waals surface area (Å²) in [6, 6.07) is 0.194. The third-order valence-corrected chi connectivity index (χ3v) is 6.38. The molecule has 2 aliphatic rings. The van der Waals surface area contributed by atoms with Crippen LogP contribution in [-0.4, -0.2) is 59.0 Å². The van der Waals surface area contributed by atoms with Crippen molar-refractivity contribution in [3.05, 3.63) is 47.2 Å². The van der Waals surface area contributed by atoms with Crippen molar-refractivity contribution >= 4 is 29.2 Å². The fraction of sp³-hybridized carbons (Fsp3) is 0.536. The van der Waals surface area contributed by atoms with Crippen LogP contribution in [-0.2, 0) is 4.74 Å². The highest BCUT2D eigenvalue weighted by atomic mass is 16.6. The van der Waals surface area contributed by atoms with Crippen LogP contribution in [0.4, 0.5) is 16.3 Å². The molecule has 190 valence electrons. The minimum Gasteiger partial charge on any atom is -0.444 e. The monoisotopic (exact) mass is 479 g/mol. The summed E-state index contributed by atoms with van der Waals surface area (Å²) >= 11 is 0.